The Kier molecular flexibility index (Phi) is 5.62. The lowest BCUT2D eigenvalue weighted by molar-refractivity contribution is 0.0937. The number of imidazole rings is 1. The van der Waals surface area contributed by atoms with E-state index >= 15 is 0 Å². The third kappa shape index (κ3) is 4.07. The molecule has 0 saturated heterocycles. The van der Waals surface area contributed by atoms with Gasteiger partial charge in [0.2, 0.25) is 0 Å². The Hall–Kier alpha value is -2.33. The first kappa shape index (κ1) is 18.5. The van der Waals surface area contributed by atoms with Crippen LogP contribution in [0.3, 0.4) is 0 Å². The molecule has 3 rings (SSSR count). The van der Waals surface area contributed by atoms with Crippen LogP contribution in [0, 0.1) is 5.92 Å². The van der Waals surface area contributed by atoms with Crippen molar-refractivity contribution in [1.29, 1.82) is 0 Å². The number of aromatic nitrogens is 2. The second kappa shape index (κ2) is 7.92. The number of carbonyl (C=O) groups excluding carboxylic acids is 1. The third-order valence-corrected chi connectivity index (χ3v) is 4.71. The number of halogens is 1. The van der Waals surface area contributed by atoms with Gasteiger partial charge in [0.05, 0.1) is 17.1 Å². The van der Waals surface area contributed by atoms with Gasteiger partial charge in [-0.25, -0.2) is 4.98 Å². The van der Waals surface area contributed by atoms with Gasteiger partial charge in [-0.15, -0.1) is 0 Å². The van der Waals surface area contributed by atoms with Crippen LogP contribution in [0.1, 0.15) is 49.4 Å². The summed E-state index contributed by atoms with van der Waals surface area (Å²) in [6.45, 7) is 7.28. The molecular weight excluding hydrogens is 346 g/mol. The molecule has 0 spiro atoms. The van der Waals surface area contributed by atoms with Crippen molar-refractivity contribution in [1.82, 2.24) is 14.9 Å². The summed E-state index contributed by atoms with van der Waals surface area (Å²) in [6.07, 6.45) is 1.06. The van der Waals surface area contributed by atoms with Gasteiger partial charge >= 0.3 is 0 Å². The molecule has 1 aromatic heterocycles. The number of amides is 1. The van der Waals surface area contributed by atoms with Crippen molar-refractivity contribution in [2.75, 3.05) is 0 Å². The number of hydrogen-bond donors (Lipinski definition) is 1. The van der Waals surface area contributed by atoms with E-state index in [0.29, 0.717) is 16.5 Å². The average Bonchev–Trinajstić information content (AvgIpc) is 2.99. The minimum atomic E-state index is -0.197. The SMILES string of the molecule is CC(C)CCn1c(C(C)NC(=O)c2ccc(Cl)cc2)nc2ccccc21. The van der Waals surface area contributed by atoms with Gasteiger partial charge in [-0.05, 0) is 55.7 Å². The van der Waals surface area contributed by atoms with Crippen molar-refractivity contribution >= 4 is 28.5 Å². The van der Waals surface area contributed by atoms with Gasteiger partial charge in [0, 0.05) is 17.1 Å². The molecule has 1 atom stereocenters. The Morgan fingerprint density at radius 1 is 1.12 bits per heavy atom. The lowest BCUT2D eigenvalue weighted by Crippen LogP contribution is -2.28. The maximum absolute atomic E-state index is 12.5. The van der Waals surface area contributed by atoms with Crippen molar-refractivity contribution in [3.8, 4) is 0 Å². The summed E-state index contributed by atoms with van der Waals surface area (Å²) in [6, 6.07) is 14.8. The van der Waals surface area contributed by atoms with Crippen molar-refractivity contribution in [2.45, 2.75) is 39.8 Å². The second-order valence-electron chi connectivity index (χ2n) is 6.99. The number of nitrogens with one attached hydrogen (secondary N) is 1. The van der Waals surface area contributed by atoms with Crippen molar-refractivity contribution in [2.24, 2.45) is 5.92 Å². The van der Waals surface area contributed by atoms with Gasteiger partial charge in [-0.1, -0.05) is 37.6 Å². The van der Waals surface area contributed by atoms with Gasteiger partial charge in [-0.2, -0.15) is 0 Å². The highest BCUT2D eigenvalue weighted by Gasteiger charge is 2.19. The molecule has 0 aliphatic heterocycles. The van der Waals surface area contributed by atoms with E-state index in [-0.39, 0.29) is 11.9 Å². The molecule has 0 radical (unpaired) electrons. The fourth-order valence-corrected chi connectivity index (χ4v) is 3.12. The Balaban J connectivity index is 1.86. The zero-order valence-electron chi connectivity index (χ0n) is 15.4. The molecule has 4 nitrogen and oxygen atoms in total. The first-order valence-corrected chi connectivity index (χ1v) is 9.35. The molecule has 5 heteroatoms. The first-order valence-electron chi connectivity index (χ1n) is 8.97. The first-order chi connectivity index (χ1) is 12.5. The van der Waals surface area contributed by atoms with Crippen molar-refractivity contribution in [3.05, 3.63) is 64.9 Å². The number of para-hydroxylation sites is 2. The molecule has 3 aromatic rings. The molecule has 1 amide bonds. The number of carbonyl (C=O) groups is 1. The fourth-order valence-electron chi connectivity index (χ4n) is 2.99. The molecule has 1 unspecified atom stereocenters. The average molecular weight is 370 g/mol. The van der Waals surface area contributed by atoms with Gasteiger partial charge < -0.3 is 9.88 Å². The van der Waals surface area contributed by atoms with Crippen molar-refractivity contribution < 1.29 is 4.79 Å². The molecule has 0 fully saturated rings. The summed E-state index contributed by atoms with van der Waals surface area (Å²) < 4.78 is 2.22. The van der Waals surface area contributed by atoms with Gasteiger partial charge in [0.1, 0.15) is 5.82 Å². The summed E-state index contributed by atoms with van der Waals surface area (Å²) in [5.41, 5.74) is 2.65. The fraction of sp³-hybridized carbons (Fsp3) is 0.333. The van der Waals surface area contributed by atoms with E-state index in [1.165, 1.54) is 0 Å². The van der Waals surface area contributed by atoms with Gasteiger partial charge in [0.15, 0.2) is 0 Å². The largest absolute Gasteiger partial charge is 0.342 e. The maximum atomic E-state index is 12.5. The summed E-state index contributed by atoms with van der Waals surface area (Å²) in [5.74, 6) is 1.36. The van der Waals surface area contributed by atoms with Crippen LogP contribution in [0.15, 0.2) is 48.5 Å². The second-order valence-corrected chi connectivity index (χ2v) is 7.43. The molecule has 0 bridgehead atoms. The molecule has 0 saturated carbocycles. The number of aryl methyl sites for hydroxylation is 1. The maximum Gasteiger partial charge on any atom is 0.251 e. The number of nitrogens with zero attached hydrogens (tertiary/aromatic N) is 2. The highest BCUT2D eigenvalue weighted by molar-refractivity contribution is 6.30. The molecule has 136 valence electrons. The zero-order valence-corrected chi connectivity index (χ0v) is 16.1. The van der Waals surface area contributed by atoms with Gasteiger partial charge in [0.25, 0.3) is 5.91 Å². The molecule has 26 heavy (non-hydrogen) atoms. The summed E-state index contributed by atoms with van der Waals surface area (Å²) >= 11 is 5.90. The molecule has 0 aliphatic carbocycles. The van der Waals surface area contributed by atoms with E-state index in [9.17, 15) is 4.79 Å². The van der Waals surface area contributed by atoms with Crippen LogP contribution in [-0.4, -0.2) is 15.5 Å². The standard InChI is InChI=1S/C21H24ClN3O/c1-14(2)12-13-25-19-7-5-4-6-18(19)24-20(25)15(3)23-21(26)16-8-10-17(22)11-9-16/h4-11,14-15H,12-13H2,1-3H3,(H,23,26). The van der Waals surface area contributed by atoms with Crippen LogP contribution in [0.5, 0.6) is 0 Å². The lowest BCUT2D eigenvalue weighted by atomic mass is 10.1. The topological polar surface area (TPSA) is 46.9 Å². The molecule has 1 heterocycles. The minimum absolute atomic E-state index is 0.128. The van der Waals surface area contributed by atoms with Crippen molar-refractivity contribution in [3.63, 3.8) is 0 Å². The van der Waals surface area contributed by atoms with Crippen LogP contribution >= 0.6 is 11.6 Å². The zero-order chi connectivity index (χ0) is 18.7. The van der Waals surface area contributed by atoms with E-state index in [1.807, 2.05) is 25.1 Å². The molecule has 1 N–H and O–H groups in total. The Morgan fingerprint density at radius 3 is 2.50 bits per heavy atom. The molecule has 0 aliphatic rings. The Morgan fingerprint density at radius 2 is 1.81 bits per heavy atom. The lowest BCUT2D eigenvalue weighted by Gasteiger charge is -2.17. The summed E-state index contributed by atoms with van der Waals surface area (Å²) in [5, 5.41) is 3.67. The number of benzene rings is 2. The van der Waals surface area contributed by atoms with Gasteiger partial charge in [-0.3, -0.25) is 4.79 Å². The summed E-state index contributed by atoms with van der Waals surface area (Å²) in [4.78, 5) is 17.3. The van der Waals surface area contributed by atoms with Crippen LogP contribution in [0.2, 0.25) is 5.02 Å². The molecular formula is C21H24ClN3O. The molecule has 2 aromatic carbocycles. The van der Waals surface area contributed by atoms with E-state index in [0.717, 1.165) is 29.8 Å². The van der Waals surface area contributed by atoms with E-state index in [1.54, 1.807) is 24.3 Å². The van der Waals surface area contributed by atoms with Crippen LogP contribution < -0.4 is 5.32 Å². The van der Waals surface area contributed by atoms with Crippen LogP contribution in [-0.2, 0) is 6.54 Å². The predicted molar refractivity (Wildman–Crippen MR) is 107 cm³/mol. The van der Waals surface area contributed by atoms with Crippen LogP contribution in [0.25, 0.3) is 11.0 Å². The Bertz CT molecular complexity index is 899. The summed E-state index contributed by atoms with van der Waals surface area (Å²) in [7, 11) is 0. The quantitative estimate of drug-likeness (QED) is 0.646. The van der Waals surface area contributed by atoms with E-state index in [4.69, 9.17) is 16.6 Å². The van der Waals surface area contributed by atoms with E-state index in [2.05, 4.69) is 29.8 Å². The van der Waals surface area contributed by atoms with Crippen LogP contribution in [0.4, 0.5) is 0 Å². The number of rotatable bonds is 6. The number of hydrogen-bond acceptors (Lipinski definition) is 2. The highest BCUT2D eigenvalue weighted by Crippen LogP contribution is 2.22. The highest BCUT2D eigenvalue weighted by atomic mass is 35.5. The predicted octanol–water partition coefficient (Wildman–Crippen LogP) is 5.23. The van der Waals surface area contributed by atoms with E-state index < -0.39 is 0 Å². The third-order valence-electron chi connectivity index (χ3n) is 4.46. The smallest absolute Gasteiger partial charge is 0.251 e. The Labute approximate surface area is 159 Å². The number of fused-ring (bicyclic) bond motifs is 1. The minimum Gasteiger partial charge on any atom is -0.342 e. The monoisotopic (exact) mass is 369 g/mol. The normalized spacial score (nSPS) is 12.5.